The molecule has 5 nitrogen and oxygen atoms in total. The number of carbonyl (C=O) groups excluding carboxylic acids is 1. The molecule has 0 unspecified atom stereocenters. The molecular formula is C15H14F5N3O2. The SMILES string of the molecule is Cc1cc(C(F)(F)F)n(CC(=O)Nc2ccc(OC(F)F)cc2C)n1. The van der Waals surface area contributed by atoms with Crippen molar-refractivity contribution in [2.75, 3.05) is 5.32 Å². The number of hydrogen-bond donors (Lipinski definition) is 1. The van der Waals surface area contributed by atoms with E-state index >= 15 is 0 Å². The summed E-state index contributed by atoms with van der Waals surface area (Å²) in [6.07, 6.45) is -4.63. The molecule has 1 amide bonds. The number of hydrogen-bond acceptors (Lipinski definition) is 3. The highest BCUT2D eigenvalue weighted by molar-refractivity contribution is 5.91. The molecule has 0 saturated heterocycles. The molecule has 1 aromatic heterocycles. The van der Waals surface area contributed by atoms with Crippen LogP contribution in [-0.4, -0.2) is 22.3 Å². The lowest BCUT2D eigenvalue weighted by molar-refractivity contribution is -0.144. The fourth-order valence-corrected chi connectivity index (χ4v) is 2.17. The zero-order valence-corrected chi connectivity index (χ0v) is 13.2. The molecular weight excluding hydrogens is 349 g/mol. The third kappa shape index (κ3) is 4.91. The number of ether oxygens (including phenoxy) is 1. The van der Waals surface area contributed by atoms with Crippen LogP contribution in [-0.2, 0) is 17.5 Å². The minimum absolute atomic E-state index is 0.0902. The molecule has 2 aromatic rings. The highest BCUT2D eigenvalue weighted by Crippen LogP contribution is 2.30. The molecule has 25 heavy (non-hydrogen) atoms. The van der Waals surface area contributed by atoms with E-state index in [1.807, 2.05) is 0 Å². The predicted molar refractivity (Wildman–Crippen MR) is 78.4 cm³/mol. The first-order chi connectivity index (χ1) is 11.6. The zero-order valence-electron chi connectivity index (χ0n) is 13.2. The number of carbonyl (C=O) groups is 1. The molecule has 0 aliphatic carbocycles. The minimum atomic E-state index is -4.63. The van der Waals surface area contributed by atoms with E-state index in [0.29, 0.717) is 10.2 Å². The van der Waals surface area contributed by atoms with Gasteiger partial charge in [-0.25, -0.2) is 0 Å². The number of benzene rings is 1. The predicted octanol–water partition coefficient (Wildman–Crippen LogP) is 3.76. The molecule has 0 fully saturated rings. The van der Waals surface area contributed by atoms with Crippen molar-refractivity contribution in [1.29, 1.82) is 0 Å². The van der Waals surface area contributed by atoms with Crippen molar-refractivity contribution in [3.8, 4) is 5.75 Å². The lowest BCUT2D eigenvalue weighted by Gasteiger charge is -2.13. The molecule has 0 radical (unpaired) electrons. The van der Waals surface area contributed by atoms with E-state index in [9.17, 15) is 26.7 Å². The van der Waals surface area contributed by atoms with Crippen LogP contribution in [0.15, 0.2) is 24.3 Å². The van der Waals surface area contributed by atoms with Gasteiger partial charge in [0.15, 0.2) is 0 Å². The van der Waals surface area contributed by atoms with E-state index in [4.69, 9.17) is 0 Å². The van der Waals surface area contributed by atoms with Crippen molar-refractivity contribution >= 4 is 11.6 Å². The van der Waals surface area contributed by atoms with Crippen molar-refractivity contribution < 1.29 is 31.5 Å². The lowest BCUT2D eigenvalue weighted by atomic mass is 10.2. The number of amides is 1. The van der Waals surface area contributed by atoms with Crippen LogP contribution >= 0.6 is 0 Å². The minimum Gasteiger partial charge on any atom is -0.435 e. The van der Waals surface area contributed by atoms with E-state index in [-0.39, 0.29) is 17.1 Å². The second-order valence-electron chi connectivity index (χ2n) is 5.23. The number of aromatic nitrogens is 2. The van der Waals surface area contributed by atoms with Gasteiger partial charge in [0.05, 0.1) is 5.69 Å². The Kier molecular flexibility index (Phi) is 5.29. The van der Waals surface area contributed by atoms with Crippen LogP contribution in [0, 0.1) is 13.8 Å². The number of halogens is 5. The van der Waals surface area contributed by atoms with E-state index < -0.39 is 30.9 Å². The van der Waals surface area contributed by atoms with Crippen molar-refractivity contribution in [2.45, 2.75) is 33.2 Å². The molecule has 136 valence electrons. The van der Waals surface area contributed by atoms with Gasteiger partial charge in [0.1, 0.15) is 18.0 Å². The molecule has 0 aliphatic heterocycles. The molecule has 0 spiro atoms. The Hall–Kier alpha value is -2.65. The largest absolute Gasteiger partial charge is 0.435 e. The summed E-state index contributed by atoms with van der Waals surface area (Å²) in [7, 11) is 0. The van der Waals surface area contributed by atoms with Gasteiger partial charge in [-0.1, -0.05) is 0 Å². The molecule has 2 rings (SSSR count). The van der Waals surface area contributed by atoms with Crippen LogP contribution in [0.2, 0.25) is 0 Å². The Balaban J connectivity index is 2.11. The lowest BCUT2D eigenvalue weighted by Crippen LogP contribution is -2.24. The Morgan fingerprint density at radius 3 is 2.52 bits per heavy atom. The molecule has 1 heterocycles. The average molecular weight is 363 g/mol. The quantitative estimate of drug-likeness (QED) is 0.823. The average Bonchev–Trinajstić information content (AvgIpc) is 2.82. The summed E-state index contributed by atoms with van der Waals surface area (Å²) in [5.74, 6) is -0.827. The van der Waals surface area contributed by atoms with Gasteiger partial charge < -0.3 is 10.1 Å². The Labute approximate surface area is 139 Å². The summed E-state index contributed by atoms with van der Waals surface area (Å²) in [6, 6.07) is 4.66. The Bertz CT molecular complexity index is 771. The Morgan fingerprint density at radius 2 is 1.96 bits per heavy atom. The second-order valence-corrected chi connectivity index (χ2v) is 5.23. The monoisotopic (exact) mass is 363 g/mol. The molecule has 0 bridgehead atoms. The highest BCUT2D eigenvalue weighted by atomic mass is 19.4. The van der Waals surface area contributed by atoms with Crippen molar-refractivity contribution in [3.05, 3.63) is 41.2 Å². The summed E-state index contributed by atoms with van der Waals surface area (Å²) < 4.78 is 67.7. The third-order valence-electron chi connectivity index (χ3n) is 3.18. The van der Waals surface area contributed by atoms with Gasteiger partial charge >= 0.3 is 12.8 Å². The van der Waals surface area contributed by atoms with E-state index in [1.54, 1.807) is 0 Å². The molecule has 1 N–H and O–H groups in total. The summed E-state index contributed by atoms with van der Waals surface area (Å²) in [4.78, 5) is 12.0. The van der Waals surface area contributed by atoms with Gasteiger partial charge in [0.2, 0.25) is 5.91 Å². The molecule has 10 heteroatoms. The first-order valence-corrected chi connectivity index (χ1v) is 7.03. The summed E-state index contributed by atoms with van der Waals surface area (Å²) in [5, 5.41) is 6.08. The van der Waals surface area contributed by atoms with Crippen LogP contribution in [0.25, 0.3) is 0 Å². The van der Waals surface area contributed by atoms with Gasteiger partial charge in [-0.2, -0.15) is 27.1 Å². The smallest absolute Gasteiger partial charge is 0.433 e. The first-order valence-electron chi connectivity index (χ1n) is 7.03. The van der Waals surface area contributed by atoms with Crippen LogP contribution in [0.3, 0.4) is 0 Å². The fourth-order valence-electron chi connectivity index (χ4n) is 2.17. The zero-order chi connectivity index (χ0) is 18.8. The fraction of sp³-hybridized carbons (Fsp3) is 0.333. The maximum atomic E-state index is 12.9. The number of nitrogens with one attached hydrogen (secondary N) is 1. The standard InChI is InChI=1S/C15H14F5N3O2/c1-8-5-10(25-14(16)17)3-4-11(8)21-13(24)7-23-12(15(18,19)20)6-9(2)22-23/h3-6,14H,7H2,1-2H3,(H,21,24). The van der Waals surface area contributed by atoms with E-state index in [2.05, 4.69) is 15.2 Å². The molecule has 1 aromatic carbocycles. The van der Waals surface area contributed by atoms with E-state index in [1.165, 1.54) is 32.0 Å². The maximum Gasteiger partial charge on any atom is 0.433 e. The number of aryl methyl sites for hydroxylation is 2. The number of rotatable bonds is 5. The van der Waals surface area contributed by atoms with Gasteiger partial charge in [0, 0.05) is 5.69 Å². The van der Waals surface area contributed by atoms with Crippen molar-refractivity contribution in [3.63, 3.8) is 0 Å². The first kappa shape index (κ1) is 18.7. The molecule has 0 saturated carbocycles. The third-order valence-corrected chi connectivity index (χ3v) is 3.18. The molecule has 0 aliphatic rings. The topological polar surface area (TPSA) is 56.2 Å². The van der Waals surface area contributed by atoms with Crippen LogP contribution in [0.4, 0.5) is 27.6 Å². The van der Waals surface area contributed by atoms with E-state index in [0.717, 1.165) is 6.07 Å². The van der Waals surface area contributed by atoms with Crippen molar-refractivity contribution in [1.82, 2.24) is 9.78 Å². The van der Waals surface area contributed by atoms with Crippen LogP contribution in [0.1, 0.15) is 17.0 Å². The maximum absolute atomic E-state index is 12.9. The highest BCUT2D eigenvalue weighted by Gasteiger charge is 2.35. The number of nitrogens with zero attached hydrogens (tertiary/aromatic N) is 2. The van der Waals surface area contributed by atoms with Gasteiger partial charge in [0.25, 0.3) is 0 Å². The summed E-state index contributed by atoms with van der Waals surface area (Å²) in [5.41, 5.74) is -0.217. The Morgan fingerprint density at radius 1 is 1.28 bits per heavy atom. The summed E-state index contributed by atoms with van der Waals surface area (Å²) in [6.45, 7) is -0.705. The summed E-state index contributed by atoms with van der Waals surface area (Å²) >= 11 is 0. The van der Waals surface area contributed by atoms with Gasteiger partial charge in [-0.15, -0.1) is 0 Å². The normalized spacial score (nSPS) is 11.7. The number of anilines is 1. The van der Waals surface area contributed by atoms with Crippen molar-refractivity contribution in [2.24, 2.45) is 0 Å². The molecule has 0 atom stereocenters. The second kappa shape index (κ2) is 7.08. The number of alkyl halides is 5. The van der Waals surface area contributed by atoms with Crippen LogP contribution in [0.5, 0.6) is 5.75 Å². The van der Waals surface area contributed by atoms with Crippen LogP contribution < -0.4 is 10.1 Å². The van der Waals surface area contributed by atoms with Gasteiger partial charge in [-0.3, -0.25) is 9.48 Å². The van der Waals surface area contributed by atoms with Gasteiger partial charge in [-0.05, 0) is 43.7 Å².